The quantitative estimate of drug-likeness (QED) is 0.872. The maximum atomic E-state index is 12.5. The van der Waals surface area contributed by atoms with Crippen LogP contribution in [0.1, 0.15) is 24.3 Å². The number of pyridine rings is 1. The Morgan fingerprint density at radius 2 is 2.14 bits per heavy atom. The first-order valence-electron chi connectivity index (χ1n) is 6.94. The van der Waals surface area contributed by atoms with Gasteiger partial charge in [-0.25, -0.2) is 4.68 Å². The summed E-state index contributed by atoms with van der Waals surface area (Å²) in [7, 11) is 0. The van der Waals surface area contributed by atoms with E-state index >= 15 is 0 Å². The molecule has 1 amide bonds. The number of aliphatic carboxylic acids is 1. The fraction of sp³-hybridized carbons (Fsp3) is 0.333. The monoisotopic (exact) mass is 302 g/mol. The summed E-state index contributed by atoms with van der Waals surface area (Å²) in [6.07, 6.45) is 4.91. The summed E-state index contributed by atoms with van der Waals surface area (Å²) in [5, 5.41) is 13.1. The third kappa shape index (κ3) is 3.91. The van der Waals surface area contributed by atoms with Crippen LogP contribution in [-0.2, 0) is 4.79 Å². The van der Waals surface area contributed by atoms with Gasteiger partial charge in [0.2, 0.25) is 0 Å². The highest BCUT2D eigenvalue weighted by Crippen LogP contribution is 2.10. The lowest BCUT2D eigenvalue weighted by Gasteiger charge is -2.22. The van der Waals surface area contributed by atoms with E-state index in [0.717, 1.165) is 0 Å². The van der Waals surface area contributed by atoms with E-state index < -0.39 is 11.9 Å². The standard InChI is InChI=1S/C15H18N4O3/c1-11(2)9-18(10-14(20)21)15(22)13-8-12(4-6-16-13)19-7-3-5-17-19/h3-8,11H,9-10H2,1-2H3,(H,20,21). The number of hydrogen-bond donors (Lipinski definition) is 1. The van der Waals surface area contributed by atoms with Crippen LogP contribution in [0.25, 0.3) is 5.69 Å². The number of carboxylic acids is 1. The van der Waals surface area contributed by atoms with Crippen LogP contribution < -0.4 is 0 Å². The third-order valence-electron chi connectivity index (χ3n) is 2.93. The zero-order valence-electron chi connectivity index (χ0n) is 12.5. The second-order valence-corrected chi connectivity index (χ2v) is 5.32. The molecule has 7 nitrogen and oxygen atoms in total. The molecule has 0 unspecified atom stereocenters. The van der Waals surface area contributed by atoms with Gasteiger partial charge in [-0.3, -0.25) is 14.6 Å². The number of carbonyl (C=O) groups is 2. The van der Waals surface area contributed by atoms with Crippen LogP contribution in [-0.4, -0.2) is 49.7 Å². The van der Waals surface area contributed by atoms with Crippen molar-refractivity contribution in [1.82, 2.24) is 19.7 Å². The molecular weight excluding hydrogens is 284 g/mol. The van der Waals surface area contributed by atoms with E-state index in [2.05, 4.69) is 10.1 Å². The third-order valence-corrected chi connectivity index (χ3v) is 2.93. The van der Waals surface area contributed by atoms with Crippen molar-refractivity contribution in [3.05, 3.63) is 42.5 Å². The summed E-state index contributed by atoms with van der Waals surface area (Å²) in [6, 6.07) is 5.11. The van der Waals surface area contributed by atoms with Crippen molar-refractivity contribution in [2.24, 2.45) is 5.92 Å². The number of nitrogens with zero attached hydrogens (tertiary/aromatic N) is 4. The fourth-order valence-electron chi connectivity index (χ4n) is 2.09. The molecule has 116 valence electrons. The molecule has 2 heterocycles. The van der Waals surface area contributed by atoms with Gasteiger partial charge in [-0.05, 0) is 24.1 Å². The van der Waals surface area contributed by atoms with Crippen molar-refractivity contribution < 1.29 is 14.7 Å². The van der Waals surface area contributed by atoms with Crippen molar-refractivity contribution in [2.45, 2.75) is 13.8 Å². The van der Waals surface area contributed by atoms with Gasteiger partial charge in [0.1, 0.15) is 12.2 Å². The SMILES string of the molecule is CC(C)CN(CC(=O)O)C(=O)c1cc(-n2cccn2)ccn1. The molecule has 0 radical (unpaired) electrons. The predicted octanol–water partition coefficient (Wildman–Crippen LogP) is 1.45. The van der Waals surface area contributed by atoms with Gasteiger partial charge in [0.05, 0.1) is 5.69 Å². The molecular formula is C15H18N4O3. The smallest absolute Gasteiger partial charge is 0.323 e. The average Bonchev–Trinajstić information content (AvgIpc) is 2.99. The van der Waals surface area contributed by atoms with Crippen molar-refractivity contribution in [1.29, 1.82) is 0 Å². The van der Waals surface area contributed by atoms with Gasteiger partial charge in [-0.1, -0.05) is 13.8 Å². The van der Waals surface area contributed by atoms with Crippen LogP contribution >= 0.6 is 0 Å². The van der Waals surface area contributed by atoms with Crippen LogP contribution in [0, 0.1) is 5.92 Å². The first kappa shape index (κ1) is 15.7. The van der Waals surface area contributed by atoms with Crippen LogP contribution in [0.3, 0.4) is 0 Å². The van der Waals surface area contributed by atoms with Gasteiger partial charge in [0, 0.05) is 25.1 Å². The van der Waals surface area contributed by atoms with E-state index in [1.54, 1.807) is 35.3 Å². The molecule has 0 aliphatic carbocycles. The molecule has 0 saturated heterocycles. The van der Waals surface area contributed by atoms with Gasteiger partial charge in [0.25, 0.3) is 5.91 Å². The van der Waals surface area contributed by atoms with Crippen LogP contribution in [0.2, 0.25) is 0 Å². The Labute approximate surface area is 128 Å². The zero-order valence-corrected chi connectivity index (χ0v) is 12.5. The molecule has 2 rings (SSSR count). The highest BCUT2D eigenvalue weighted by Gasteiger charge is 2.21. The minimum atomic E-state index is -1.04. The summed E-state index contributed by atoms with van der Waals surface area (Å²) >= 11 is 0. The molecule has 0 atom stereocenters. The molecule has 22 heavy (non-hydrogen) atoms. The fourth-order valence-corrected chi connectivity index (χ4v) is 2.09. The molecule has 0 saturated carbocycles. The highest BCUT2D eigenvalue weighted by molar-refractivity contribution is 5.94. The normalized spacial score (nSPS) is 10.7. The van der Waals surface area contributed by atoms with E-state index in [0.29, 0.717) is 12.2 Å². The lowest BCUT2D eigenvalue weighted by molar-refractivity contribution is -0.137. The molecule has 0 aromatic carbocycles. The lowest BCUT2D eigenvalue weighted by Crippen LogP contribution is -2.38. The summed E-state index contributed by atoms with van der Waals surface area (Å²) in [6.45, 7) is 3.87. The van der Waals surface area contributed by atoms with E-state index in [4.69, 9.17) is 5.11 Å². The zero-order chi connectivity index (χ0) is 16.1. The Balaban J connectivity index is 2.26. The number of hydrogen-bond acceptors (Lipinski definition) is 4. The lowest BCUT2D eigenvalue weighted by atomic mass is 10.2. The second-order valence-electron chi connectivity index (χ2n) is 5.32. The van der Waals surface area contributed by atoms with Gasteiger partial charge in [-0.15, -0.1) is 0 Å². The number of aromatic nitrogens is 3. The summed E-state index contributed by atoms with van der Waals surface area (Å²) in [5.41, 5.74) is 0.901. The molecule has 0 bridgehead atoms. The summed E-state index contributed by atoms with van der Waals surface area (Å²) < 4.78 is 1.61. The molecule has 2 aromatic rings. The molecule has 7 heteroatoms. The van der Waals surface area contributed by atoms with E-state index in [1.807, 2.05) is 13.8 Å². The molecule has 0 fully saturated rings. The number of carbonyl (C=O) groups excluding carboxylic acids is 1. The molecule has 0 spiro atoms. The maximum absolute atomic E-state index is 12.5. The van der Waals surface area contributed by atoms with Crippen LogP contribution in [0.4, 0.5) is 0 Å². The van der Waals surface area contributed by atoms with Crippen molar-refractivity contribution in [2.75, 3.05) is 13.1 Å². The predicted molar refractivity (Wildman–Crippen MR) is 79.7 cm³/mol. The Kier molecular flexibility index (Phi) is 4.88. The van der Waals surface area contributed by atoms with Gasteiger partial charge < -0.3 is 10.0 Å². The largest absolute Gasteiger partial charge is 0.480 e. The first-order chi connectivity index (χ1) is 10.5. The van der Waals surface area contributed by atoms with E-state index in [1.165, 1.54) is 11.1 Å². The number of carboxylic acid groups (broad SMARTS) is 1. The topological polar surface area (TPSA) is 88.3 Å². The van der Waals surface area contributed by atoms with Gasteiger partial charge in [-0.2, -0.15) is 5.10 Å². The molecule has 2 aromatic heterocycles. The Bertz CT molecular complexity index is 653. The summed E-state index contributed by atoms with van der Waals surface area (Å²) in [4.78, 5) is 28.8. The van der Waals surface area contributed by atoms with Gasteiger partial charge >= 0.3 is 5.97 Å². The Morgan fingerprint density at radius 3 is 2.73 bits per heavy atom. The highest BCUT2D eigenvalue weighted by atomic mass is 16.4. The van der Waals surface area contributed by atoms with Crippen molar-refractivity contribution >= 4 is 11.9 Å². The number of rotatable bonds is 6. The van der Waals surface area contributed by atoms with Crippen molar-refractivity contribution in [3.8, 4) is 5.69 Å². The first-order valence-corrected chi connectivity index (χ1v) is 6.94. The van der Waals surface area contributed by atoms with Gasteiger partial charge in [0.15, 0.2) is 0 Å². The van der Waals surface area contributed by atoms with Crippen LogP contribution in [0.5, 0.6) is 0 Å². The maximum Gasteiger partial charge on any atom is 0.323 e. The molecule has 1 N–H and O–H groups in total. The summed E-state index contributed by atoms with van der Waals surface area (Å²) in [5.74, 6) is -1.28. The second kappa shape index (κ2) is 6.84. The van der Waals surface area contributed by atoms with E-state index in [-0.39, 0.29) is 18.2 Å². The average molecular weight is 302 g/mol. The Hall–Kier alpha value is -2.70. The van der Waals surface area contributed by atoms with Crippen molar-refractivity contribution in [3.63, 3.8) is 0 Å². The minimum absolute atomic E-state index is 0.164. The van der Waals surface area contributed by atoms with E-state index in [9.17, 15) is 9.59 Å². The Morgan fingerprint density at radius 1 is 1.36 bits per heavy atom. The van der Waals surface area contributed by atoms with Crippen LogP contribution in [0.15, 0.2) is 36.8 Å². The number of amides is 1. The molecule has 0 aliphatic heterocycles. The molecule has 0 aliphatic rings. The minimum Gasteiger partial charge on any atom is -0.480 e.